The standard InChI is InChI=1S/C15H23N3O/c1-10(2)18(9-15(16)19)13-6-7-14-12(8-13)5-4-11(3)17-14/h6-8,10-11,17H,4-5,9H2,1-3H3,(H2,16,19). The molecule has 1 aliphatic heterocycles. The molecule has 0 saturated heterocycles. The Kier molecular flexibility index (Phi) is 3.98. The van der Waals surface area contributed by atoms with Crippen molar-refractivity contribution in [2.75, 3.05) is 16.8 Å². The van der Waals surface area contributed by atoms with E-state index in [1.54, 1.807) is 0 Å². The Morgan fingerprint density at radius 3 is 2.89 bits per heavy atom. The van der Waals surface area contributed by atoms with E-state index in [1.807, 2.05) is 4.90 Å². The smallest absolute Gasteiger partial charge is 0.236 e. The largest absolute Gasteiger partial charge is 0.382 e. The third-order valence-electron chi connectivity index (χ3n) is 3.62. The lowest BCUT2D eigenvalue weighted by molar-refractivity contribution is -0.116. The van der Waals surface area contributed by atoms with Crippen molar-refractivity contribution in [3.05, 3.63) is 23.8 Å². The topological polar surface area (TPSA) is 58.4 Å². The number of anilines is 2. The van der Waals surface area contributed by atoms with Crippen LogP contribution in [-0.2, 0) is 11.2 Å². The van der Waals surface area contributed by atoms with Gasteiger partial charge in [0.25, 0.3) is 0 Å². The first-order chi connectivity index (χ1) is 8.97. The molecule has 2 rings (SSSR count). The van der Waals surface area contributed by atoms with Gasteiger partial charge in [-0.2, -0.15) is 0 Å². The van der Waals surface area contributed by atoms with Crippen molar-refractivity contribution in [3.8, 4) is 0 Å². The molecule has 1 atom stereocenters. The molecule has 1 aromatic rings. The van der Waals surface area contributed by atoms with Crippen molar-refractivity contribution in [2.45, 2.75) is 45.7 Å². The van der Waals surface area contributed by atoms with Gasteiger partial charge >= 0.3 is 0 Å². The third-order valence-corrected chi connectivity index (χ3v) is 3.62. The number of carbonyl (C=O) groups is 1. The van der Waals surface area contributed by atoms with Crippen LogP contribution in [-0.4, -0.2) is 24.5 Å². The van der Waals surface area contributed by atoms with Crippen molar-refractivity contribution in [2.24, 2.45) is 5.73 Å². The molecule has 3 N–H and O–H groups in total. The molecule has 1 heterocycles. The van der Waals surface area contributed by atoms with Crippen LogP contribution >= 0.6 is 0 Å². The SMILES string of the molecule is CC1CCc2cc(N(CC(N)=O)C(C)C)ccc2N1. The molecular formula is C15H23N3O. The Bertz CT molecular complexity index is 470. The number of aryl methyl sites for hydroxylation is 1. The molecule has 4 heteroatoms. The molecule has 0 aliphatic carbocycles. The highest BCUT2D eigenvalue weighted by Crippen LogP contribution is 2.29. The summed E-state index contributed by atoms with van der Waals surface area (Å²) in [4.78, 5) is 13.2. The lowest BCUT2D eigenvalue weighted by atomic mass is 9.98. The predicted molar refractivity (Wildman–Crippen MR) is 79.5 cm³/mol. The van der Waals surface area contributed by atoms with Crippen LogP contribution in [0.25, 0.3) is 0 Å². The normalized spacial score (nSPS) is 17.8. The summed E-state index contributed by atoms with van der Waals surface area (Å²) >= 11 is 0. The highest BCUT2D eigenvalue weighted by Gasteiger charge is 2.18. The number of rotatable bonds is 4. The molecule has 19 heavy (non-hydrogen) atoms. The van der Waals surface area contributed by atoms with Gasteiger partial charge in [0.15, 0.2) is 0 Å². The van der Waals surface area contributed by atoms with Gasteiger partial charge < -0.3 is 16.0 Å². The summed E-state index contributed by atoms with van der Waals surface area (Å²) in [5.41, 5.74) is 8.94. The molecule has 0 fully saturated rings. The molecule has 1 amide bonds. The van der Waals surface area contributed by atoms with Gasteiger partial charge in [-0.1, -0.05) is 0 Å². The number of fused-ring (bicyclic) bond motifs is 1. The van der Waals surface area contributed by atoms with E-state index < -0.39 is 0 Å². The molecule has 1 aromatic carbocycles. The zero-order chi connectivity index (χ0) is 14.0. The van der Waals surface area contributed by atoms with E-state index in [1.165, 1.54) is 11.3 Å². The number of nitrogens with two attached hydrogens (primary N) is 1. The molecule has 4 nitrogen and oxygen atoms in total. The van der Waals surface area contributed by atoms with Gasteiger partial charge in [0, 0.05) is 23.5 Å². The van der Waals surface area contributed by atoms with Gasteiger partial charge in [0.05, 0.1) is 6.54 Å². The fourth-order valence-electron chi connectivity index (χ4n) is 2.56. The summed E-state index contributed by atoms with van der Waals surface area (Å²) in [6.07, 6.45) is 2.23. The Hall–Kier alpha value is -1.71. The minimum absolute atomic E-state index is 0.251. The fraction of sp³-hybridized carbons (Fsp3) is 0.533. The Balaban J connectivity index is 2.26. The first kappa shape index (κ1) is 13.7. The zero-order valence-electron chi connectivity index (χ0n) is 11.9. The summed E-state index contributed by atoms with van der Waals surface area (Å²) in [6, 6.07) is 7.13. The number of nitrogens with zero attached hydrogens (tertiary/aromatic N) is 1. The van der Waals surface area contributed by atoms with Gasteiger partial charge in [-0.25, -0.2) is 0 Å². The first-order valence-corrected chi connectivity index (χ1v) is 6.91. The van der Waals surface area contributed by atoms with Crippen molar-refractivity contribution < 1.29 is 4.79 Å². The summed E-state index contributed by atoms with van der Waals surface area (Å²) in [5.74, 6) is -0.293. The van der Waals surface area contributed by atoms with Gasteiger partial charge in [0.2, 0.25) is 5.91 Å². The van der Waals surface area contributed by atoms with E-state index >= 15 is 0 Å². The maximum absolute atomic E-state index is 11.2. The maximum atomic E-state index is 11.2. The highest BCUT2D eigenvalue weighted by atomic mass is 16.1. The molecule has 1 aliphatic rings. The Morgan fingerprint density at radius 2 is 2.26 bits per heavy atom. The maximum Gasteiger partial charge on any atom is 0.236 e. The lowest BCUT2D eigenvalue weighted by Crippen LogP contribution is -2.38. The van der Waals surface area contributed by atoms with E-state index in [-0.39, 0.29) is 18.5 Å². The summed E-state index contributed by atoms with van der Waals surface area (Å²) in [6.45, 7) is 6.61. The molecule has 1 unspecified atom stereocenters. The van der Waals surface area contributed by atoms with Crippen LogP contribution in [0.2, 0.25) is 0 Å². The van der Waals surface area contributed by atoms with Crippen LogP contribution in [0.3, 0.4) is 0 Å². The second kappa shape index (κ2) is 5.51. The lowest BCUT2D eigenvalue weighted by Gasteiger charge is -2.30. The monoisotopic (exact) mass is 261 g/mol. The number of nitrogens with one attached hydrogen (secondary N) is 1. The second-order valence-corrected chi connectivity index (χ2v) is 5.61. The molecular weight excluding hydrogens is 238 g/mol. The van der Waals surface area contributed by atoms with Crippen molar-refractivity contribution in [3.63, 3.8) is 0 Å². The second-order valence-electron chi connectivity index (χ2n) is 5.61. The van der Waals surface area contributed by atoms with E-state index in [9.17, 15) is 4.79 Å². The van der Waals surface area contributed by atoms with Gasteiger partial charge in [0.1, 0.15) is 0 Å². The van der Waals surface area contributed by atoms with Crippen molar-refractivity contribution in [1.82, 2.24) is 0 Å². The molecule has 0 saturated carbocycles. The van der Waals surface area contributed by atoms with Gasteiger partial charge in [-0.15, -0.1) is 0 Å². The highest BCUT2D eigenvalue weighted by molar-refractivity contribution is 5.80. The average molecular weight is 261 g/mol. The Labute approximate surface area is 115 Å². The van der Waals surface area contributed by atoms with E-state index in [4.69, 9.17) is 5.73 Å². The number of carbonyl (C=O) groups excluding carboxylic acids is 1. The predicted octanol–water partition coefficient (Wildman–Crippen LogP) is 2.13. The van der Waals surface area contributed by atoms with Gasteiger partial charge in [-0.05, 0) is 57.4 Å². The minimum Gasteiger partial charge on any atom is -0.382 e. The number of primary amides is 1. The molecule has 0 bridgehead atoms. The van der Waals surface area contributed by atoms with Crippen LogP contribution in [0.4, 0.5) is 11.4 Å². The third kappa shape index (κ3) is 3.19. The van der Waals surface area contributed by atoms with Crippen molar-refractivity contribution in [1.29, 1.82) is 0 Å². The molecule has 0 spiro atoms. The quantitative estimate of drug-likeness (QED) is 0.873. The fourth-order valence-corrected chi connectivity index (χ4v) is 2.56. The summed E-state index contributed by atoms with van der Waals surface area (Å²) in [5, 5.41) is 3.49. The molecule has 0 radical (unpaired) electrons. The van der Waals surface area contributed by atoms with E-state index in [0.29, 0.717) is 6.04 Å². The van der Waals surface area contributed by atoms with E-state index in [0.717, 1.165) is 18.5 Å². The molecule has 104 valence electrons. The number of hydrogen-bond acceptors (Lipinski definition) is 3. The van der Waals surface area contributed by atoms with E-state index in [2.05, 4.69) is 44.3 Å². The number of benzene rings is 1. The Morgan fingerprint density at radius 1 is 1.53 bits per heavy atom. The van der Waals surface area contributed by atoms with Crippen LogP contribution in [0.5, 0.6) is 0 Å². The van der Waals surface area contributed by atoms with Crippen LogP contribution in [0.1, 0.15) is 32.8 Å². The summed E-state index contributed by atoms with van der Waals surface area (Å²) in [7, 11) is 0. The number of hydrogen-bond donors (Lipinski definition) is 2. The molecule has 0 aromatic heterocycles. The number of amides is 1. The van der Waals surface area contributed by atoms with Gasteiger partial charge in [-0.3, -0.25) is 4.79 Å². The van der Waals surface area contributed by atoms with Crippen LogP contribution in [0.15, 0.2) is 18.2 Å². The van der Waals surface area contributed by atoms with Crippen LogP contribution in [0, 0.1) is 0 Å². The van der Waals surface area contributed by atoms with Crippen LogP contribution < -0.4 is 16.0 Å². The van der Waals surface area contributed by atoms with Crippen molar-refractivity contribution >= 4 is 17.3 Å². The summed E-state index contributed by atoms with van der Waals surface area (Å²) < 4.78 is 0. The zero-order valence-corrected chi connectivity index (χ0v) is 11.9. The average Bonchev–Trinajstić information content (AvgIpc) is 2.35. The first-order valence-electron chi connectivity index (χ1n) is 6.91. The minimum atomic E-state index is -0.293.